The zero-order valence-corrected chi connectivity index (χ0v) is 12.3. The molecule has 0 heterocycles. The topological polar surface area (TPSA) is 38.0 Å². The fraction of sp³-hybridized carbons (Fsp3) is 0.538. The molecule has 0 aliphatic carbocycles. The smallest absolute Gasteiger partial charge is 0.0614 e. The lowest BCUT2D eigenvalue weighted by Gasteiger charge is -2.28. The summed E-state index contributed by atoms with van der Waals surface area (Å²) < 4.78 is 0. The average Bonchev–Trinajstić information content (AvgIpc) is 2.19. The predicted octanol–water partition coefficient (Wildman–Crippen LogP) is 4.67. The summed E-state index contributed by atoms with van der Waals surface area (Å²) in [7, 11) is 0. The maximum Gasteiger partial charge on any atom is 0.0614 e. The highest BCUT2D eigenvalue weighted by Gasteiger charge is 2.19. The number of rotatable bonds is 3. The Morgan fingerprint density at radius 3 is 2.29 bits per heavy atom. The zero-order valence-electron chi connectivity index (χ0n) is 10.8. The van der Waals surface area contributed by atoms with Crippen molar-refractivity contribution < 1.29 is 0 Å². The first-order valence-electron chi connectivity index (χ1n) is 5.70. The van der Waals surface area contributed by atoms with Crippen molar-refractivity contribution in [3.63, 3.8) is 0 Å². The molecule has 0 saturated heterocycles. The van der Waals surface area contributed by atoms with Crippen molar-refractivity contribution in [3.05, 3.63) is 22.2 Å². The van der Waals surface area contributed by atoms with Crippen LogP contribution in [0.2, 0.25) is 10.0 Å². The van der Waals surface area contributed by atoms with E-state index in [1.54, 1.807) is 12.1 Å². The summed E-state index contributed by atoms with van der Waals surface area (Å²) in [6, 6.07) is 3.45. The minimum absolute atomic E-state index is 0.262. The van der Waals surface area contributed by atoms with Crippen molar-refractivity contribution in [1.82, 2.24) is 0 Å². The third kappa shape index (κ3) is 3.97. The summed E-state index contributed by atoms with van der Waals surface area (Å²) >= 11 is 11.8. The van der Waals surface area contributed by atoms with Crippen LogP contribution in [-0.2, 0) is 0 Å². The summed E-state index contributed by atoms with van der Waals surface area (Å²) in [6.45, 7) is 9.72. The second kappa shape index (κ2) is 5.36. The zero-order chi connectivity index (χ0) is 13.2. The van der Waals surface area contributed by atoms with E-state index < -0.39 is 0 Å². The fourth-order valence-corrected chi connectivity index (χ4v) is 1.62. The van der Waals surface area contributed by atoms with Gasteiger partial charge in [-0.3, -0.25) is 0 Å². The van der Waals surface area contributed by atoms with E-state index in [2.05, 4.69) is 33.0 Å². The van der Waals surface area contributed by atoms with Gasteiger partial charge in [-0.05, 0) is 23.5 Å². The molecule has 1 rings (SSSR count). The van der Waals surface area contributed by atoms with Crippen LogP contribution < -0.4 is 11.1 Å². The van der Waals surface area contributed by atoms with Gasteiger partial charge in [0.25, 0.3) is 0 Å². The summed E-state index contributed by atoms with van der Waals surface area (Å²) in [5.74, 6) is 0.524. The average molecular weight is 275 g/mol. The minimum atomic E-state index is 0.262. The first-order chi connectivity index (χ1) is 7.71. The van der Waals surface area contributed by atoms with Crippen LogP contribution in [0.1, 0.15) is 27.7 Å². The summed E-state index contributed by atoms with van der Waals surface area (Å²) in [6.07, 6.45) is 0. The van der Waals surface area contributed by atoms with Gasteiger partial charge in [0, 0.05) is 6.54 Å². The molecule has 0 amide bonds. The Hall–Kier alpha value is -0.600. The van der Waals surface area contributed by atoms with Crippen LogP contribution in [0.3, 0.4) is 0 Å². The first kappa shape index (κ1) is 14.5. The Morgan fingerprint density at radius 2 is 1.76 bits per heavy atom. The van der Waals surface area contributed by atoms with Crippen molar-refractivity contribution >= 4 is 34.6 Å². The van der Waals surface area contributed by atoms with Gasteiger partial charge in [0.05, 0.1) is 21.4 Å². The number of halogens is 2. The van der Waals surface area contributed by atoms with E-state index in [9.17, 15) is 0 Å². The van der Waals surface area contributed by atoms with Crippen LogP contribution in [0.15, 0.2) is 12.1 Å². The van der Waals surface area contributed by atoms with Gasteiger partial charge in [-0.25, -0.2) is 0 Å². The Balaban J connectivity index is 2.73. The molecule has 1 aromatic rings. The molecule has 4 heteroatoms. The van der Waals surface area contributed by atoms with Crippen molar-refractivity contribution in [3.8, 4) is 0 Å². The quantitative estimate of drug-likeness (QED) is 0.787. The first-order valence-corrected chi connectivity index (χ1v) is 6.46. The van der Waals surface area contributed by atoms with E-state index in [1.807, 2.05) is 0 Å². The molecule has 1 atom stereocenters. The molecule has 0 fully saturated rings. The van der Waals surface area contributed by atoms with E-state index in [1.165, 1.54) is 0 Å². The molecule has 0 saturated carbocycles. The molecule has 17 heavy (non-hydrogen) atoms. The molecule has 2 nitrogen and oxygen atoms in total. The van der Waals surface area contributed by atoms with Crippen LogP contribution in [0.5, 0.6) is 0 Å². The van der Waals surface area contributed by atoms with Gasteiger partial charge >= 0.3 is 0 Å². The van der Waals surface area contributed by atoms with Crippen molar-refractivity contribution in [1.29, 1.82) is 0 Å². The Kier molecular flexibility index (Phi) is 4.56. The molecule has 96 valence electrons. The van der Waals surface area contributed by atoms with Crippen LogP contribution >= 0.6 is 23.2 Å². The predicted molar refractivity (Wildman–Crippen MR) is 78.0 cm³/mol. The van der Waals surface area contributed by atoms with Gasteiger partial charge in [0.1, 0.15) is 0 Å². The molecule has 0 radical (unpaired) electrons. The lowest BCUT2D eigenvalue weighted by molar-refractivity contribution is 0.274. The Bertz CT molecular complexity index is 397. The molecule has 1 unspecified atom stereocenters. The van der Waals surface area contributed by atoms with Gasteiger partial charge in [0.15, 0.2) is 0 Å². The Morgan fingerprint density at radius 1 is 1.24 bits per heavy atom. The SMILES string of the molecule is CC(CNc1cc(Cl)c(Cl)cc1N)C(C)(C)C. The molecule has 1 aromatic carbocycles. The van der Waals surface area contributed by atoms with Crippen molar-refractivity contribution in [2.24, 2.45) is 11.3 Å². The lowest BCUT2D eigenvalue weighted by Crippen LogP contribution is -2.25. The second-order valence-corrected chi connectivity index (χ2v) is 6.32. The van der Waals surface area contributed by atoms with Crippen molar-refractivity contribution in [2.45, 2.75) is 27.7 Å². The van der Waals surface area contributed by atoms with Crippen LogP contribution in [0.25, 0.3) is 0 Å². The van der Waals surface area contributed by atoms with Gasteiger partial charge < -0.3 is 11.1 Å². The standard InChI is InChI=1S/C13H20Cl2N2/c1-8(13(2,3)4)7-17-12-6-10(15)9(14)5-11(12)16/h5-6,8,17H,7,16H2,1-4H3. The van der Waals surface area contributed by atoms with Crippen LogP contribution in [-0.4, -0.2) is 6.54 Å². The van der Waals surface area contributed by atoms with Crippen molar-refractivity contribution in [2.75, 3.05) is 17.6 Å². The van der Waals surface area contributed by atoms with Gasteiger partial charge in [-0.2, -0.15) is 0 Å². The molecule has 0 aliphatic heterocycles. The van der Waals surface area contributed by atoms with E-state index in [4.69, 9.17) is 28.9 Å². The molecular formula is C13H20Cl2N2. The number of hydrogen-bond acceptors (Lipinski definition) is 2. The van der Waals surface area contributed by atoms with E-state index in [-0.39, 0.29) is 5.41 Å². The second-order valence-electron chi connectivity index (χ2n) is 5.50. The largest absolute Gasteiger partial charge is 0.397 e. The third-order valence-corrected chi connectivity index (χ3v) is 3.89. The van der Waals surface area contributed by atoms with Gasteiger partial charge in [0.2, 0.25) is 0 Å². The highest BCUT2D eigenvalue weighted by molar-refractivity contribution is 6.42. The minimum Gasteiger partial charge on any atom is -0.397 e. The van der Waals surface area contributed by atoms with E-state index >= 15 is 0 Å². The number of nitrogens with one attached hydrogen (secondary N) is 1. The highest BCUT2D eigenvalue weighted by Crippen LogP contribution is 2.32. The molecule has 0 aliphatic rings. The number of benzene rings is 1. The molecule has 3 N–H and O–H groups in total. The van der Waals surface area contributed by atoms with Gasteiger partial charge in [-0.15, -0.1) is 0 Å². The maximum absolute atomic E-state index is 5.96. The summed E-state index contributed by atoms with van der Waals surface area (Å²) in [4.78, 5) is 0. The van der Waals surface area contributed by atoms with Crippen LogP contribution in [0, 0.1) is 11.3 Å². The van der Waals surface area contributed by atoms with Gasteiger partial charge in [-0.1, -0.05) is 50.9 Å². The monoisotopic (exact) mass is 274 g/mol. The summed E-state index contributed by atoms with van der Waals surface area (Å²) in [5, 5.41) is 4.32. The van der Waals surface area contributed by atoms with E-state index in [0.717, 1.165) is 12.2 Å². The normalized spacial score (nSPS) is 13.5. The Labute approximate surface area is 113 Å². The number of nitrogens with two attached hydrogens (primary N) is 1. The third-order valence-electron chi connectivity index (χ3n) is 3.17. The molecule has 0 spiro atoms. The molecular weight excluding hydrogens is 255 g/mol. The fourth-order valence-electron chi connectivity index (χ4n) is 1.28. The van der Waals surface area contributed by atoms with E-state index in [0.29, 0.717) is 21.7 Å². The number of anilines is 2. The lowest BCUT2D eigenvalue weighted by atomic mass is 9.82. The maximum atomic E-state index is 5.96. The number of hydrogen-bond donors (Lipinski definition) is 2. The number of nitrogen functional groups attached to an aromatic ring is 1. The summed E-state index contributed by atoms with van der Waals surface area (Å²) in [5.41, 5.74) is 7.61. The molecule has 0 aromatic heterocycles. The molecule has 0 bridgehead atoms. The van der Waals surface area contributed by atoms with Crippen LogP contribution in [0.4, 0.5) is 11.4 Å². The highest BCUT2D eigenvalue weighted by atomic mass is 35.5.